The number of Topliss-reactive ketones (excluding diaryl/α,β-unsaturated/α-hetero) is 3. The molecule has 0 aliphatic carbocycles. The first-order valence-corrected chi connectivity index (χ1v) is 93.9. The zero-order chi connectivity index (χ0) is 90.6. The number of aliphatic hydroxyl groups is 1. The first kappa shape index (κ1) is 120. The molecule has 0 fully saturated rings. The number of phenols is 2. The summed E-state index contributed by atoms with van der Waals surface area (Å²) in [5.74, 6) is -1.89. The molecule has 8 rings (SSSR count). The molecule has 60 heteroatoms. The first-order chi connectivity index (χ1) is 60.9. The second-order valence-corrected chi connectivity index (χ2v) is 98.9. The molecule has 2 unspecified atom stereocenters. The van der Waals surface area contributed by atoms with Crippen LogP contribution in [0.3, 0.4) is 0 Å². The third kappa shape index (κ3) is 65.6. The molecule has 0 saturated heterocycles. The number of aromatic carboxylic acids is 1. The summed E-state index contributed by atoms with van der Waals surface area (Å²) in [6, 6.07) is 62.7. The van der Waals surface area contributed by atoms with Crippen LogP contribution in [-0.2, 0) is 474 Å². The molecular weight excluding hydrogens is 2510 g/mol. The number of nitrogens with zero attached hydrogens (tertiary/aromatic N) is 2. The standard InChI is InChI=1S/C24H22O4.C17H16N2O.C17H18O2.C7H6O3.S29.S19/c1-17-7-10-19(11-8-17)23(22(26)16-9-18-5-3-2-4-6-18)28-24(27)20-12-14-21(25)15-13-20;1-13-7-10-15(11-8-13)17(19-18)16(20)12-9-14-5-3-2-4-6-14;1-13-7-10-15(11-8-13)17(19)16(18)12-9-14-5-3-2-4-6-14;8-6-3-1-5(2-4-6)7(9)10;1-3-5-7-9-11-13-15-17-19-21-23-25-27-29-28-26-24-22-20-18-16-14-12-10-8-6-4-2;1-3-5-7-9-11-13-15-17-19-18-16-14-12-10-8-6-4-2/h2-8,10-15,23,25H,9,16H2,1H3;2-8,10-11H,9,12H2,1H3;2-8,10-11,17,19H,9,12H2,1H3;1-4,8H,(H,9,10);;. The van der Waals surface area contributed by atoms with Gasteiger partial charge in [-0.05, 0) is 123 Å². The van der Waals surface area contributed by atoms with Crippen LogP contribution in [0.4, 0.5) is 0 Å². The van der Waals surface area contributed by atoms with Crippen molar-refractivity contribution in [3.8, 4) is 11.5 Å². The number of aliphatic hydroxyl groups excluding tert-OH is 1. The highest BCUT2D eigenvalue weighted by molar-refractivity contribution is 8.81. The fourth-order valence-electron chi connectivity index (χ4n) is 7.92. The lowest BCUT2D eigenvalue weighted by molar-refractivity contribution is -0.128. The molecule has 8 aromatic rings. The Bertz CT molecular complexity index is 7070. The molecule has 0 bridgehead atoms. The molecule has 0 heterocycles. The number of aryl methyl sites for hydroxylation is 6. The second kappa shape index (κ2) is 84.5. The van der Waals surface area contributed by atoms with Crippen LogP contribution < -0.4 is 0 Å². The molecule has 4 N–H and O–H groups in total. The Balaban J connectivity index is 0.000000396. The van der Waals surface area contributed by atoms with Gasteiger partial charge in [0.15, 0.2) is 17.7 Å². The van der Waals surface area contributed by atoms with Crippen molar-refractivity contribution < 1.29 is 53.9 Å². The summed E-state index contributed by atoms with van der Waals surface area (Å²) in [5.41, 5.74) is 18.2. The Hall–Kier alpha value is 1.21. The van der Waals surface area contributed by atoms with Crippen molar-refractivity contribution in [3.05, 3.63) is 279 Å². The van der Waals surface area contributed by atoms with Gasteiger partial charge in [0, 0.05) is 460 Å². The van der Waals surface area contributed by atoms with E-state index < -0.39 is 24.1 Å². The van der Waals surface area contributed by atoms with E-state index >= 15 is 0 Å². The molecule has 0 aromatic heterocycles. The number of rotatable bonds is 18. The van der Waals surface area contributed by atoms with Gasteiger partial charge in [-0.1, -0.05) is 168 Å². The van der Waals surface area contributed by atoms with Gasteiger partial charge in [-0.25, -0.2) is 9.59 Å². The van der Waals surface area contributed by atoms with Crippen LogP contribution in [0.15, 0.2) is 212 Å². The van der Waals surface area contributed by atoms with E-state index in [1.165, 1.54) is 84.1 Å². The van der Waals surface area contributed by atoms with Gasteiger partial charge in [0.25, 0.3) is 0 Å². The molecule has 0 radical (unpaired) electrons. The van der Waals surface area contributed by atoms with Gasteiger partial charge < -0.3 is 30.7 Å². The molecule has 0 amide bonds. The fourth-order valence-corrected chi connectivity index (χ4v) is 118. The summed E-state index contributed by atoms with van der Waals surface area (Å²) in [7, 11) is 76.3. The molecule has 12 nitrogen and oxygen atoms in total. The average Bonchev–Trinajstić information content (AvgIpc) is 0.821. The van der Waals surface area contributed by atoms with E-state index in [-0.39, 0.29) is 52.1 Å². The van der Waals surface area contributed by atoms with Crippen LogP contribution in [0.5, 0.6) is 11.5 Å². The minimum Gasteiger partial charge on any atom is -0.508 e. The second-order valence-electron chi connectivity index (χ2n) is 21.0. The van der Waals surface area contributed by atoms with Crippen LogP contribution in [0.25, 0.3) is 5.53 Å². The number of ketones is 3. The minimum absolute atomic E-state index is 0.0607. The van der Waals surface area contributed by atoms with Crippen LogP contribution in [0.2, 0.25) is 0 Å². The monoisotopic (exact) mass is 2570 g/mol. The minimum atomic E-state index is -1.01. The molecule has 2 atom stereocenters. The normalized spacial score (nSPS) is 9.63. The summed E-state index contributed by atoms with van der Waals surface area (Å²) in [5, 5.41) is 36.5. The highest BCUT2D eigenvalue weighted by atomic mass is 33.5. The Morgan fingerprint density at radius 3 is 0.848 bits per heavy atom. The lowest BCUT2D eigenvalue weighted by Gasteiger charge is -2.18. The Morgan fingerprint density at radius 1 is 0.320 bits per heavy atom. The van der Waals surface area contributed by atoms with Crippen molar-refractivity contribution in [3.63, 3.8) is 0 Å². The summed E-state index contributed by atoms with van der Waals surface area (Å²) in [6.45, 7) is 5.91. The van der Waals surface area contributed by atoms with Crippen molar-refractivity contribution in [2.75, 3.05) is 0 Å². The maximum Gasteiger partial charge on any atom is 0.364 e. The smallest absolute Gasteiger partial charge is 0.364 e. The number of carboxylic acids is 1. The number of hydrogen-bond donors (Lipinski definition) is 4. The maximum absolute atomic E-state index is 12.9. The van der Waals surface area contributed by atoms with Crippen molar-refractivity contribution >= 4 is 470 Å². The Labute approximate surface area is 870 Å². The van der Waals surface area contributed by atoms with Gasteiger partial charge in [0.05, 0.1) is 16.7 Å². The van der Waals surface area contributed by atoms with Crippen molar-refractivity contribution in [2.45, 2.75) is 71.5 Å². The highest BCUT2D eigenvalue weighted by Gasteiger charge is 2.26. The highest BCUT2D eigenvalue weighted by Crippen LogP contribution is 2.25. The van der Waals surface area contributed by atoms with E-state index in [9.17, 15) is 34.2 Å². The van der Waals surface area contributed by atoms with Crippen molar-refractivity contribution in [1.29, 1.82) is 0 Å². The van der Waals surface area contributed by atoms with Gasteiger partial charge in [-0.3, -0.25) is 14.4 Å². The summed E-state index contributed by atoms with van der Waals surface area (Å²) in [4.78, 5) is 62.9. The molecule has 0 saturated carbocycles. The van der Waals surface area contributed by atoms with E-state index in [4.69, 9.17) is 65.2 Å². The topological polar surface area (TPSA) is 212 Å². The van der Waals surface area contributed by atoms with Crippen LogP contribution >= 0.6 is 0 Å². The largest absolute Gasteiger partial charge is 0.508 e. The Kier molecular flexibility index (Phi) is 81.4. The lowest BCUT2D eigenvalue weighted by atomic mass is 9.99. The van der Waals surface area contributed by atoms with Crippen molar-refractivity contribution in [2.24, 2.45) is 0 Å². The predicted octanol–water partition coefficient (Wildman–Crippen LogP) is 12.2. The number of benzene rings is 8. The number of carbonyl (C=O) groups is 5. The summed E-state index contributed by atoms with van der Waals surface area (Å²) in [6.07, 6.45) is 0.878. The summed E-state index contributed by atoms with van der Waals surface area (Å²) < 4.78 is 5.58. The molecule has 0 aliphatic heterocycles. The molecule has 680 valence electrons. The molecular formula is C65H62N2O10S48. The van der Waals surface area contributed by atoms with Gasteiger partial charge in [0.1, 0.15) is 17.6 Å². The number of ether oxygens (including phenoxy) is 1. The number of aromatic hydroxyl groups is 2. The zero-order valence-corrected chi connectivity index (χ0v) is 102. The maximum atomic E-state index is 12.9. The number of carbonyl (C=O) groups excluding carboxylic acids is 4. The Morgan fingerprint density at radius 2 is 0.568 bits per heavy atom. The van der Waals surface area contributed by atoms with Gasteiger partial charge in [-0.15, -0.1) is 0 Å². The predicted molar refractivity (Wildman–Crippen MR) is 650 cm³/mol. The SMILES string of the molecule is Cc1ccc(C(=[N+]=[N-])C(=O)CCc2ccccc2)cc1.Cc1ccc(C(O)C(=O)CCc2ccccc2)cc1.Cc1ccc(C(OC(=O)c2ccc(O)cc2)C(=O)CCc2ccccc2)cc1.O=C(O)c1ccc(O)cc1.S=S=S=S=S=S=S=S=S=S=S=S=S=S=S=S=S=S=S.S=S=S=S=S=S=S=S=S=S=S=S=S=S=S=S=S=S=S=S=S=S=S=S=S=S=S=S=S. The van der Waals surface area contributed by atoms with Gasteiger partial charge >= 0.3 is 17.7 Å². The van der Waals surface area contributed by atoms with Crippen LogP contribution in [-0.4, -0.2) is 60.2 Å². The van der Waals surface area contributed by atoms with Crippen LogP contribution in [0, 0.1) is 20.8 Å². The van der Waals surface area contributed by atoms with E-state index in [0.717, 1.165) is 33.4 Å². The quantitative estimate of drug-likeness (QED) is 0.0272. The first-order valence-electron chi connectivity index (χ1n) is 32.6. The third-order valence-electron chi connectivity index (χ3n) is 13.2. The van der Waals surface area contributed by atoms with Crippen molar-refractivity contribution in [1.82, 2.24) is 0 Å². The summed E-state index contributed by atoms with van der Waals surface area (Å²) >= 11 is 19.1. The molecule has 125 heavy (non-hydrogen) atoms. The van der Waals surface area contributed by atoms with E-state index in [0.29, 0.717) is 48.8 Å². The number of phenolic OH excluding ortho intramolecular Hbond substituents is 2. The van der Waals surface area contributed by atoms with E-state index in [1.54, 1.807) is 282 Å². The number of esters is 1. The molecule has 0 aliphatic rings. The van der Waals surface area contributed by atoms with E-state index in [1.807, 2.05) is 258 Å². The number of hydrogen-bond acceptors (Lipinski definition) is 13. The molecule has 8 aromatic carbocycles. The van der Waals surface area contributed by atoms with Crippen LogP contribution in [0.1, 0.15) is 102 Å². The van der Waals surface area contributed by atoms with Gasteiger partial charge in [0.2, 0.25) is 5.78 Å². The number of carboxylic acid groups (broad SMARTS) is 1. The van der Waals surface area contributed by atoms with E-state index in [2.05, 4.69) is 4.79 Å². The molecule has 0 spiro atoms. The van der Waals surface area contributed by atoms with Gasteiger partial charge in [-0.2, -0.15) is 4.79 Å². The average molecular weight is 2570 g/mol. The lowest BCUT2D eigenvalue weighted by Crippen LogP contribution is -2.20. The third-order valence-corrected chi connectivity index (χ3v) is 106. The zero-order valence-electron chi connectivity index (χ0n) is 62.8. The fraction of sp³-hybridized carbons (Fsp3) is 0.169.